The quantitative estimate of drug-likeness (QED) is 0.113. The van der Waals surface area contributed by atoms with Crippen LogP contribution in [0.2, 0.25) is 0 Å². The smallest absolute Gasteiger partial charge is 0.394 e. The van der Waals surface area contributed by atoms with E-state index in [1.807, 2.05) is 6.92 Å². The molecule has 1 aromatic carbocycles. The van der Waals surface area contributed by atoms with E-state index in [0.717, 1.165) is 32.1 Å². The molecule has 17 unspecified atom stereocenters. The lowest BCUT2D eigenvalue weighted by atomic mass is 9.49. The minimum atomic E-state index is -4.67. The van der Waals surface area contributed by atoms with Crippen LogP contribution in [0, 0.1) is 40.4 Å². The predicted molar refractivity (Wildman–Crippen MR) is 255 cm³/mol. The molecule has 3 aliphatic heterocycles. The molecule has 8 fully saturated rings. The molecule has 16 nitrogen and oxygen atoms in total. The Kier molecular flexibility index (Phi) is 13.0. The summed E-state index contributed by atoms with van der Waals surface area (Å²) in [6, 6.07) is 6.64. The molecular weight excluding hydrogens is 909 g/mol. The summed E-state index contributed by atoms with van der Waals surface area (Å²) in [6.45, 7) is 19.0. The van der Waals surface area contributed by atoms with Gasteiger partial charge in [0, 0.05) is 66.1 Å². The van der Waals surface area contributed by atoms with Crippen LogP contribution in [0.15, 0.2) is 29.8 Å². The number of aliphatic hydroxyl groups is 6. The Bertz CT molecular complexity index is 2350. The number of rotatable bonds is 4. The zero-order valence-corrected chi connectivity index (χ0v) is 42.9. The zero-order chi connectivity index (χ0) is 51.1. The standard InChI is InChI=1S/C32H49NO9.C20H29NO.H2O4S/c1-6-18(3)25(35)41-24-11-12-26(4)19-8-9-20-28(37)13-23(34)31(39)21(29(28,38)16-30(20,26)42-32(19,24)40)15-33-14-17(2)7-10-22(33)27(31,5)36;1-13(2)14-6-8-16-15(12-14)7-9-17-19(16,3)10-5-11-20(17,4)18(21)22;1-5(2,3)4/h6,17,19-24,34,36-40H,7-16H2,1-5H3;6,8,12-13,17H,5,7,9-11H2,1-4H3,(H2,21,22);(H2,1,2,3,4). The summed E-state index contributed by atoms with van der Waals surface area (Å²) in [5, 5.41) is 73.9. The van der Waals surface area contributed by atoms with E-state index in [-0.39, 0.29) is 42.2 Å². The summed E-state index contributed by atoms with van der Waals surface area (Å²) in [5.74, 6) is -3.21. The van der Waals surface area contributed by atoms with Crippen molar-refractivity contribution in [2.45, 2.75) is 209 Å². The van der Waals surface area contributed by atoms with Gasteiger partial charge in [-0.1, -0.05) is 72.2 Å². The number of ether oxygens (including phenoxy) is 2. The maximum Gasteiger partial charge on any atom is 0.394 e. The summed E-state index contributed by atoms with van der Waals surface area (Å²) in [6.07, 6.45) is 7.68. The summed E-state index contributed by atoms with van der Waals surface area (Å²) < 4.78 is 44.2. The molecule has 0 aromatic heterocycles. The Hall–Kier alpha value is -2.55. The molecule has 9 aliphatic rings. The highest BCUT2D eigenvalue weighted by atomic mass is 32.3. The molecule has 5 saturated carbocycles. The number of nitrogens with zero attached hydrogens (tertiary/aromatic N) is 1. The molecule has 3 saturated heterocycles. The average Bonchev–Trinajstić information content (AvgIpc) is 3.42. The van der Waals surface area contributed by atoms with E-state index in [0.29, 0.717) is 62.0 Å². The molecule has 3 heterocycles. The number of benzene rings is 1. The van der Waals surface area contributed by atoms with Gasteiger partial charge in [0.2, 0.25) is 11.7 Å². The van der Waals surface area contributed by atoms with Crippen molar-refractivity contribution in [3.05, 3.63) is 46.5 Å². The van der Waals surface area contributed by atoms with Crippen molar-refractivity contribution < 1.29 is 67.2 Å². The molecule has 1 aromatic rings. The van der Waals surface area contributed by atoms with Crippen molar-refractivity contribution in [3.8, 4) is 0 Å². The lowest BCUT2D eigenvalue weighted by Crippen LogP contribution is -2.85. The van der Waals surface area contributed by atoms with Crippen molar-refractivity contribution in [3.63, 3.8) is 0 Å². The van der Waals surface area contributed by atoms with Crippen molar-refractivity contribution in [2.75, 3.05) is 13.1 Å². The number of hydrogen-bond donors (Lipinski definition) is 9. The Morgan fingerprint density at radius 3 is 2.16 bits per heavy atom. The van der Waals surface area contributed by atoms with Gasteiger partial charge in [-0.05, 0) is 125 Å². The Morgan fingerprint density at radius 1 is 0.884 bits per heavy atom. The van der Waals surface area contributed by atoms with E-state index in [2.05, 4.69) is 57.7 Å². The topological polar surface area (TPSA) is 278 Å². The molecule has 1 amide bonds. The van der Waals surface area contributed by atoms with Crippen LogP contribution >= 0.6 is 0 Å². The molecule has 0 radical (unpaired) electrons. The number of aryl methyl sites for hydroxylation is 1. The number of allylic oxidation sites excluding steroid dienone is 1. The predicted octanol–water partition coefficient (Wildman–Crippen LogP) is 4.64. The van der Waals surface area contributed by atoms with Gasteiger partial charge in [-0.25, -0.2) is 4.79 Å². The van der Waals surface area contributed by atoms with Crippen molar-refractivity contribution in [1.29, 1.82) is 0 Å². The van der Waals surface area contributed by atoms with Gasteiger partial charge in [0.05, 0.1) is 11.7 Å². The number of carbonyl (C=O) groups excluding carboxylic acids is 2. The van der Waals surface area contributed by atoms with E-state index in [4.69, 9.17) is 32.7 Å². The first-order chi connectivity index (χ1) is 31.7. The minimum Gasteiger partial charge on any atom is -0.453 e. The van der Waals surface area contributed by atoms with Crippen LogP contribution in [0.5, 0.6) is 0 Å². The fraction of sp³-hybridized carbons (Fsp3) is 0.808. The Morgan fingerprint density at radius 2 is 1.54 bits per heavy atom. The Balaban J connectivity index is 0.000000199. The third kappa shape index (κ3) is 7.50. The molecule has 17 heteroatoms. The van der Waals surface area contributed by atoms with Gasteiger partial charge in [-0.15, -0.1) is 0 Å². The summed E-state index contributed by atoms with van der Waals surface area (Å²) in [4.78, 5) is 27.0. The third-order valence-corrected chi connectivity index (χ3v) is 20.7. The minimum absolute atomic E-state index is 0.0606. The maximum atomic E-state index is 12.9. The van der Waals surface area contributed by atoms with Gasteiger partial charge in [0.1, 0.15) is 22.4 Å². The number of esters is 1. The number of amides is 1. The highest BCUT2D eigenvalue weighted by Gasteiger charge is 2.89. The first-order valence-electron chi connectivity index (χ1n) is 25.5. The number of nitrogens with two attached hydrogens (primary N) is 1. The fourth-order valence-corrected chi connectivity index (χ4v) is 16.9. The molecular formula is C52H80N2O14S. The summed E-state index contributed by atoms with van der Waals surface area (Å²) in [7, 11) is -4.67. The zero-order valence-electron chi connectivity index (χ0n) is 42.1. The number of carbonyl (C=O) groups is 2. The molecule has 388 valence electrons. The normalized spacial score (nSPS) is 48.4. The highest BCUT2D eigenvalue weighted by Crippen LogP contribution is 2.78. The van der Waals surface area contributed by atoms with Crippen LogP contribution in [-0.4, -0.2) is 130 Å². The van der Waals surface area contributed by atoms with Gasteiger partial charge in [-0.2, -0.15) is 8.42 Å². The molecule has 6 aliphatic carbocycles. The lowest BCUT2D eigenvalue weighted by molar-refractivity contribution is -0.354. The molecule has 69 heavy (non-hydrogen) atoms. The molecule has 10 N–H and O–H groups in total. The third-order valence-electron chi connectivity index (χ3n) is 20.7. The fourth-order valence-electron chi connectivity index (χ4n) is 16.9. The monoisotopic (exact) mass is 989 g/mol. The van der Waals surface area contributed by atoms with E-state index in [1.54, 1.807) is 26.8 Å². The lowest BCUT2D eigenvalue weighted by Gasteiger charge is -2.68. The number of fused-ring (bicyclic) bond motifs is 8. The van der Waals surface area contributed by atoms with Crippen LogP contribution in [0.1, 0.15) is 162 Å². The second-order valence-corrected chi connectivity index (χ2v) is 25.2. The van der Waals surface area contributed by atoms with Gasteiger partial charge >= 0.3 is 16.4 Å². The van der Waals surface area contributed by atoms with E-state index in [1.165, 1.54) is 23.1 Å². The van der Waals surface area contributed by atoms with Gasteiger partial charge in [0.25, 0.3) is 0 Å². The van der Waals surface area contributed by atoms with E-state index in [9.17, 15) is 40.2 Å². The van der Waals surface area contributed by atoms with Crippen LogP contribution < -0.4 is 5.73 Å². The summed E-state index contributed by atoms with van der Waals surface area (Å²) in [5.41, 5.74) is 1.01. The van der Waals surface area contributed by atoms with E-state index < -0.39 is 85.5 Å². The number of hydrogen-bond acceptors (Lipinski definition) is 13. The first-order valence-corrected chi connectivity index (χ1v) is 26.9. The van der Waals surface area contributed by atoms with Crippen LogP contribution in [0.25, 0.3) is 0 Å². The van der Waals surface area contributed by atoms with Crippen LogP contribution in [-0.2, 0) is 41.3 Å². The van der Waals surface area contributed by atoms with Crippen LogP contribution in [0.3, 0.4) is 0 Å². The number of aliphatic hydroxyl groups excluding tert-OH is 1. The molecule has 10 rings (SSSR count). The van der Waals surface area contributed by atoms with Gasteiger partial charge in [0.15, 0.2) is 6.10 Å². The van der Waals surface area contributed by atoms with Crippen molar-refractivity contribution >= 4 is 22.3 Å². The second-order valence-electron chi connectivity index (χ2n) is 24.3. The maximum absolute atomic E-state index is 12.9. The Labute approximate surface area is 408 Å². The van der Waals surface area contributed by atoms with Crippen molar-refractivity contribution in [2.24, 2.45) is 46.2 Å². The second kappa shape index (κ2) is 17.0. The van der Waals surface area contributed by atoms with Gasteiger partial charge in [-0.3, -0.25) is 18.8 Å². The highest BCUT2D eigenvalue weighted by molar-refractivity contribution is 7.79. The van der Waals surface area contributed by atoms with Crippen LogP contribution in [0.4, 0.5) is 0 Å². The largest absolute Gasteiger partial charge is 0.453 e. The number of primary amides is 1. The van der Waals surface area contributed by atoms with Crippen molar-refractivity contribution in [1.82, 2.24) is 4.90 Å². The molecule has 1 spiro atoms. The number of piperidine rings is 2. The first kappa shape index (κ1) is 52.8. The molecule has 4 bridgehead atoms. The van der Waals surface area contributed by atoms with E-state index >= 15 is 0 Å². The molecule has 17 atom stereocenters. The SMILES string of the molecule is CC(C)c1ccc2c(c1)CCC1C(C)(C(N)=O)CCCC21C.CC=C(C)C(=O)OC1CCC2(C)C3CCC4C5(O)CC(O)C6(O)C(CN7CC(C)CCC7C6(C)O)C5(O)CC42OC13O.O=S(=O)(O)O. The van der Waals surface area contributed by atoms with Gasteiger partial charge < -0.3 is 45.8 Å². The summed E-state index contributed by atoms with van der Waals surface area (Å²) >= 11 is 0. The average molecular weight is 989 g/mol.